The standard InChI is InChI=1S/C13H19N3O2/c1-9-5-4-6-10(2)16(9)12-11(13(17)18-3)7-14-8-15-12/h7-10H,4-6H2,1-3H3. The van der Waals surface area contributed by atoms with E-state index in [0.29, 0.717) is 23.5 Å². The molecule has 5 nitrogen and oxygen atoms in total. The molecule has 0 N–H and O–H groups in total. The maximum Gasteiger partial charge on any atom is 0.343 e. The van der Waals surface area contributed by atoms with Gasteiger partial charge in [-0.25, -0.2) is 14.8 Å². The Morgan fingerprint density at radius 1 is 1.39 bits per heavy atom. The number of carbonyl (C=O) groups is 1. The molecule has 18 heavy (non-hydrogen) atoms. The first-order chi connectivity index (χ1) is 8.65. The number of aromatic nitrogens is 2. The first kappa shape index (κ1) is 12.8. The van der Waals surface area contributed by atoms with Gasteiger partial charge in [-0.05, 0) is 33.1 Å². The smallest absolute Gasteiger partial charge is 0.343 e. The Morgan fingerprint density at radius 3 is 2.67 bits per heavy atom. The molecule has 0 saturated carbocycles. The van der Waals surface area contributed by atoms with E-state index in [1.54, 1.807) is 0 Å². The van der Waals surface area contributed by atoms with Crippen molar-refractivity contribution in [1.29, 1.82) is 0 Å². The van der Waals surface area contributed by atoms with E-state index in [4.69, 9.17) is 4.74 Å². The van der Waals surface area contributed by atoms with Crippen molar-refractivity contribution in [3.05, 3.63) is 18.1 Å². The molecule has 1 fully saturated rings. The van der Waals surface area contributed by atoms with E-state index < -0.39 is 0 Å². The van der Waals surface area contributed by atoms with E-state index in [9.17, 15) is 4.79 Å². The molecule has 1 aliphatic heterocycles. The van der Waals surface area contributed by atoms with Crippen LogP contribution in [0.15, 0.2) is 12.5 Å². The van der Waals surface area contributed by atoms with Gasteiger partial charge in [-0.15, -0.1) is 0 Å². The quantitative estimate of drug-likeness (QED) is 0.751. The second-order valence-corrected chi connectivity index (χ2v) is 4.79. The zero-order valence-electron chi connectivity index (χ0n) is 11.1. The Labute approximate surface area is 107 Å². The van der Waals surface area contributed by atoms with Gasteiger partial charge < -0.3 is 9.64 Å². The summed E-state index contributed by atoms with van der Waals surface area (Å²) < 4.78 is 4.79. The predicted octanol–water partition coefficient (Wildman–Crippen LogP) is 2.03. The topological polar surface area (TPSA) is 55.3 Å². The van der Waals surface area contributed by atoms with Crippen molar-refractivity contribution >= 4 is 11.8 Å². The third-order valence-corrected chi connectivity index (χ3v) is 3.53. The molecular formula is C13H19N3O2. The summed E-state index contributed by atoms with van der Waals surface area (Å²) in [6.07, 6.45) is 6.47. The Hall–Kier alpha value is -1.65. The van der Waals surface area contributed by atoms with E-state index in [2.05, 4.69) is 28.7 Å². The summed E-state index contributed by atoms with van der Waals surface area (Å²) in [6.45, 7) is 4.33. The van der Waals surface area contributed by atoms with Crippen LogP contribution in [-0.2, 0) is 4.74 Å². The van der Waals surface area contributed by atoms with E-state index in [1.807, 2.05) is 0 Å². The van der Waals surface area contributed by atoms with Gasteiger partial charge in [-0.2, -0.15) is 0 Å². The van der Waals surface area contributed by atoms with E-state index in [1.165, 1.54) is 26.1 Å². The highest BCUT2D eigenvalue weighted by Crippen LogP contribution is 2.29. The molecule has 1 aromatic heterocycles. The number of carbonyl (C=O) groups excluding carboxylic acids is 1. The molecule has 0 radical (unpaired) electrons. The lowest BCUT2D eigenvalue weighted by Crippen LogP contribution is -2.45. The van der Waals surface area contributed by atoms with Gasteiger partial charge in [0.15, 0.2) is 0 Å². The van der Waals surface area contributed by atoms with Gasteiger partial charge in [-0.1, -0.05) is 0 Å². The van der Waals surface area contributed by atoms with Gasteiger partial charge in [0.1, 0.15) is 17.7 Å². The third-order valence-electron chi connectivity index (χ3n) is 3.53. The van der Waals surface area contributed by atoms with E-state index in [0.717, 1.165) is 12.8 Å². The summed E-state index contributed by atoms with van der Waals surface area (Å²) in [7, 11) is 1.38. The minimum Gasteiger partial charge on any atom is -0.465 e. The maximum absolute atomic E-state index is 11.8. The second kappa shape index (κ2) is 5.33. The van der Waals surface area contributed by atoms with Crippen LogP contribution in [-0.4, -0.2) is 35.1 Å². The molecule has 0 bridgehead atoms. The number of nitrogens with zero attached hydrogens (tertiary/aromatic N) is 3. The van der Waals surface area contributed by atoms with Crippen molar-refractivity contribution in [2.75, 3.05) is 12.0 Å². The normalized spacial score (nSPS) is 23.8. The molecule has 2 heterocycles. The molecule has 0 amide bonds. The van der Waals surface area contributed by atoms with Gasteiger partial charge in [-0.3, -0.25) is 0 Å². The van der Waals surface area contributed by atoms with Gasteiger partial charge in [0.25, 0.3) is 0 Å². The Kier molecular flexibility index (Phi) is 3.79. The third kappa shape index (κ3) is 2.30. The number of rotatable bonds is 2. The van der Waals surface area contributed by atoms with Crippen LogP contribution < -0.4 is 4.90 Å². The number of hydrogen-bond acceptors (Lipinski definition) is 5. The number of piperidine rings is 1. The molecule has 2 rings (SSSR count). The zero-order valence-corrected chi connectivity index (χ0v) is 11.1. The lowest BCUT2D eigenvalue weighted by Gasteiger charge is -2.40. The van der Waals surface area contributed by atoms with Crippen LogP contribution in [0.2, 0.25) is 0 Å². The van der Waals surface area contributed by atoms with Crippen LogP contribution in [0.3, 0.4) is 0 Å². The molecule has 98 valence electrons. The molecule has 0 aromatic carbocycles. The Bertz CT molecular complexity index is 426. The zero-order chi connectivity index (χ0) is 13.1. The first-order valence-electron chi connectivity index (χ1n) is 6.31. The van der Waals surface area contributed by atoms with Crippen molar-refractivity contribution in [2.24, 2.45) is 0 Å². The number of hydrogen-bond donors (Lipinski definition) is 0. The molecule has 0 aliphatic carbocycles. The van der Waals surface area contributed by atoms with Crippen LogP contribution >= 0.6 is 0 Å². The fraction of sp³-hybridized carbons (Fsp3) is 0.615. The maximum atomic E-state index is 11.8. The van der Waals surface area contributed by atoms with Gasteiger partial charge in [0.2, 0.25) is 0 Å². The van der Waals surface area contributed by atoms with Crippen molar-refractivity contribution in [1.82, 2.24) is 9.97 Å². The van der Waals surface area contributed by atoms with Gasteiger partial charge in [0.05, 0.1) is 7.11 Å². The summed E-state index contributed by atoms with van der Waals surface area (Å²) in [5, 5.41) is 0. The number of ether oxygens (including phenoxy) is 1. The number of anilines is 1. The van der Waals surface area contributed by atoms with Crippen LogP contribution in [0, 0.1) is 0 Å². The van der Waals surface area contributed by atoms with E-state index >= 15 is 0 Å². The highest BCUT2D eigenvalue weighted by atomic mass is 16.5. The Balaban J connectivity index is 2.39. The molecule has 1 aromatic rings. The van der Waals surface area contributed by atoms with Crippen LogP contribution in [0.1, 0.15) is 43.5 Å². The lowest BCUT2D eigenvalue weighted by molar-refractivity contribution is 0.0600. The summed E-state index contributed by atoms with van der Waals surface area (Å²) in [5.41, 5.74) is 0.445. The van der Waals surface area contributed by atoms with Crippen LogP contribution in [0.25, 0.3) is 0 Å². The fourth-order valence-electron chi connectivity index (χ4n) is 2.62. The minimum absolute atomic E-state index is 0.379. The van der Waals surface area contributed by atoms with Crippen molar-refractivity contribution in [2.45, 2.75) is 45.2 Å². The average molecular weight is 249 g/mol. The van der Waals surface area contributed by atoms with Crippen molar-refractivity contribution in [3.8, 4) is 0 Å². The second-order valence-electron chi connectivity index (χ2n) is 4.79. The fourth-order valence-corrected chi connectivity index (χ4v) is 2.62. The highest BCUT2D eigenvalue weighted by molar-refractivity contribution is 5.94. The van der Waals surface area contributed by atoms with E-state index in [-0.39, 0.29) is 5.97 Å². The Morgan fingerprint density at radius 2 is 2.06 bits per heavy atom. The molecule has 1 aliphatic rings. The van der Waals surface area contributed by atoms with Crippen LogP contribution in [0.5, 0.6) is 0 Å². The summed E-state index contributed by atoms with van der Waals surface area (Å²) in [4.78, 5) is 22.2. The molecule has 1 saturated heterocycles. The molecule has 2 unspecified atom stereocenters. The van der Waals surface area contributed by atoms with Crippen molar-refractivity contribution < 1.29 is 9.53 Å². The summed E-state index contributed by atoms with van der Waals surface area (Å²) in [5.74, 6) is 0.312. The lowest BCUT2D eigenvalue weighted by atomic mass is 9.97. The number of methoxy groups -OCH3 is 1. The summed E-state index contributed by atoms with van der Waals surface area (Å²) >= 11 is 0. The van der Waals surface area contributed by atoms with Crippen LogP contribution in [0.4, 0.5) is 5.82 Å². The number of esters is 1. The van der Waals surface area contributed by atoms with Gasteiger partial charge >= 0.3 is 5.97 Å². The first-order valence-corrected chi connectivity index (χ1v) is 6.31. The summed E-state index contributed by atoms with van der Waals surface area (Å²) in [6, 6.07) is 0.763. The predicted molar refractivity (Wildman–Crippen MR) is 68.6 cm³/mol. The average Bonchev–Trinajstić information content (AvgIpc) is 2.38. The SMILES string of the molecule is COC(=O)c1cncnc1N1C(C)CCCC1C. The monoisotopic (exact) mass is 249 g/mol. The molecule has 0 spiro atoms. The largest absolute Gasteiger partial charge is 0.465 e. The molecular weight excluding hydrogens is 230 g/mol. The highest BCUT2D eigenvalue weighted by Gasteiger charge is 2.29. The minimum atomic E-state index is -0.379. The van der Waals surface area contributed by atoms with Gasteiger partial charge in [0, 0.05) is 18.3 Å². The molecule has 5 heteroatoms. The van der Waals surface area contributed by atoms with Crippen molar-refractivity contribution in [3.63, 3.8) is 0 Å². The molecule has 2 atom stereocenters.